The van der Waals surface area contributed by atoms with Crippen molar-refractivity contribution in [3.05, 3.63) is 0 Å². The second-order valence-corrected chi connectivity index (χ2v) is 3.11. The molecule has 1 amide bonds. The minimum absolute atomic E-state index is 0.0287. The van der Waals surface area contributed by atoms with Crippen molar-refractivity contribution in [1.29, 1.82) is 0 Å². The summed E-state index contributed by atoms with van der Waals surface area (Å²) in [7, 11) is 0. The number of nitrogens with two attached hydrogens (primary N) is 1. The van der Waals surface area contributed by atoms with E-state index in [2.05, 4.69) is 0 Å². The number of nitrogens with zero attached hydrogens (tertiary/aromatic N) is 1. The zero-order valence-corrected chi connectivity index (χ0v) is 7.25. The standard InChI is InChI=1S/C8H14N2O2/c1-6(11)10-3-2-8(12)7(4-9)5-10/h7H,2-5,9H2,1H3. The molecule has 1 atom stereocenters. The molecule has 4 nitrogen and oxygen atoms in total. The molecular weight excluding hydrogens is 156 g/mol. The summed E-state index contributed by atoms with van der Waals surface area (Å²) in [5, 5.41) is 0. The van der Waals surface area contributed by atoms with Crippen LogP contribution in [-0.4, -0.2) is 36.2 Å². The maximum atomic E-state index is 11.2. The molecule has 12 heavy (non-hydrogen) atoms. The van der Waals surface area contributed by atoms with Gasteiger partial charge in [0.05, 0.1) is 0 Å². The monoisotopic (exact) mass is 170 g/mol. The molecule has 0 aliphatic carbocycles. The number of piperidine rings is 1. The number of Topliss-reactive ketones (excluding diaryl/α,β-unsaturated/α-hetero) is 1. The first kappa shape index (κ1) is 9.19. The number of hydrogen-bond donors (Lipinski definition) is 1. The summed E-state index contributed by atoms with van der Waals surface area (Å²) >= 11 is 0. The van der Waals surface area contributed by atoms with Crippen LogP contribution in [0, 0.1) is 5.92 Å². The van der Waals surface area contributed by atoms with E-state index in [0.29, 0.717) is 26.1 Å². The van der Waals surface area contributed by atoms with E-state index in [1.54, 1.807) is 4.90 Å². The Bertz CT molecular complexity index is 203. The van der Waals surface area contributed by atoms with E-state index >= 15 is 0 Å². The molecule has 1 aliphatic heterocycles. The van der Waals surface area contributed by atoms with Crippen LogP contribution in [0.5, 0.6) is 0 Å². The molecule has 1 saturated heterocycles. The first-order valence-electron chi connectivity index (χ1n) is 4.13. The summed E-state index contributed by atoms with van der Waals surface area (Å²) in [6.45, 7) is 2.93. The van der Waals surface area contributed by atoms with Crippen molar-refractivity contribution >= 4 is 11.7 Å². The van der Waals surface area contributed by atoms with Crippen molar-refractivity contribution in [2.75, 3.05) is 19.6 Å². The van der Waals surface area contributed by atoms with Gasteiger partial charge in [0.1, 0.15) is 5.78 Å². The van der Waals surface area contributed by atoms with Crippen LogP contribution in [-0.2, 0) is 9.59 Å². The molecule has 4 heteroatoms. The molecule has 0 aromatic rings. The topological polar surface area (TPSA) is 63.4 Å². The third-order valence-electron chi connectivity index (χ3n) is 2.25. The maximum Gasteiger partial charge on any atom is 0.219 e. The van der Waals surface area contributed by atoms with Crippen molar-refractivity contribution in [2.24, 2.45) is 11.7 Å². The fraction of sp³-hybridized carbons (Fsp3) is 0.750. The highest BCUT2D eigenvalue weighted by atomic mass is 16.2. The normalized spacial score (nSPS) is 24.3. The highest BCUT2D eigenvalue weighted by Crippen LogP contribution is 2.11. The van der Waals surface area contributed by atoms with Crippen LogP contribution in [0.1, 0.15) is 13.3 Å². The lowest BCUT2D eigenvalue weighted by Crippen LogP contribution is -2.45. The Hall–Kier alpha value is -0.900. The third kappa shape index (κ3) is 1.82. The van der Waals surface area contributed by atoms with E-state index < -0.39 is 0 Å². The number of hydrogen-bond acceptors (Lipinski definition) is 3. The molecule has 0 aromatic heterocycles. The molecule has 68 valence electrons. The fourth-order valence-corrected chi connectivity index (χ4v) is 1.40. The van der Waals surface area contributed by atoms with Crippen LogP contribution in [0.2, 0.25) is 0 Å². The van der Waals surface area contributed by atoms with Crippen LogP contribution in [0.3, 0.4) is 0 Å². The zero-order valence-electron chi connectivity index (χ0n) is 7.25. The third-order valence-corrected chi connectivity index (χ3v) is 2.25. The van der Waals surface area contributed by atoms with E-state index in [0.717, 1.165) is 0 Å². The van der Waals surface area contributed by atoms with Gasteiger partial charge in [-0.3, -0.25) is 9.59 Å². The first-order valence-corrected chi connectivity index (χ1v) is 4.13. The highest BCUT2D eigenvalue weighted by Gasteiger charge is 2.26. The Kier molecular flexibility index (Phi) is 2.81. The quantitative estimate of drug-likeness (QED) is 0.570. The lowest BCUT2D eigenvalue weighted by atomic mass is 9.97. The first-order chi connectivity index (χ1) is 5.65. The SMILES string of the molecule is CC(=O)N1CCC(=O)C(CN)C1. The predicted molar refractivity (Wildman–Crippen MR) is 44.4 cm³/mol. The van der Waals surface area contributed by atoms with E-state index in [1.807, 2.05) is 0 Å². The van der Waals surface area contributed by atoms with Gasteiger partial charge in [-0.05, 0) is 0 Å². The van der Waals surface area contributed by atoms with E-state index in [1.165, 1.54) is 6.92 Å². The predicted octanol–water partition coefficient (Wildman–Crippen LogP) is -0.617. The molecule has 1 heterocycles. The Morgan fingerprint density at radius 2 is 2.42 bits per heavy atom. The van der Waals surface area contributed by atoms with Crippen molar-refractivity contribution < 1.29 is 9.59 Å². The van der Waals surface area contributed by atoms with Crippen LogP contribution in [0.15, 0.2) is 0 Å². The Labute approximate surface area is 71.7 Å². The van der Waals surface area contributed by atoms with Gasteiger partial charge in [-0.1, -0.05) is 0 Å². The highest BCUT2D eigenvalue weighted by molar-refractivity contribution is 5.84. The molecule has 1 fully saturated rings. The van der Waals surface area contributed by atoms with E-state index in [4.69, 9.17) is 5.73 Å². The number of ketones is 1. The number of carbonyl (C=O) groups is 2. The van der Waals surface area contributed by atoms with Gasteiger partial charge in [0.2, 0.25) is 5.91 Å². The molecule has 0 saturated carbocycles. The van der Waals surface area contributed by atoms with Gasteiger partial charge in [-0.15, -0.1) is 0 Å². The van der Waals surface area contributed by atoms with Crippen LogP contribution in [0.25, 0.3) is 0 Å². The smallest absolute Gasteiger partial charge is 0.219 e. The van der Waals surface area contributed by atoms with Crippen molar-refractivity contribution in [2.45, 2.75) is 13.3 Å². The number of rotatable bonds is 1. The molecule has 2 N–H and O–H groups in total. The number of amides is 1. The minimum Gasteiger partial charge on any atom is -0.342 e. The van der Waals surface area contributed by atoms with Gasteiger partial charge in [0, 0.05) is 38.9 Å². The van der Waals surface area contributed by atoms with Crippen LogP contribution >= 0.6 is 0 Å². The lowest BCUT2D eigenvalue weighted by Gasteiger charge is -2.30. The fourth-order valence-electron chi connectivity index (χ4n) is 1.40. The molecular formula is C8H14N2O2. The molecule has 1 unspecified atom stereocenters. The van der Waals surface area contributed by atoms with Gasteiger partial charge < -0.3 is 10.6 Å². The Morgan fingerprint density at radius 1 is 1.75 bits per heavy atom. The average Bonchev–Trinajstić information content (AvgIpc) is 2.05. The second kappa shape index (κ2) is 3.67. The molecule has 1 aliphatic rings. The summed E-state index contributed by atoms with van der Waals surface area (Å²) in [5.74, 6) is 0.0820. The van der Waals surface area contributed by atoms with Crippen LogP contribution < -0.4 is 5.73 Å². The van der Waals surface area contributed by atoms with Crippen molar-refractivity contribution in [3.8, 4) is 0 Å². The molecule has 0 bridgehead atoms. The summed E-state index contributed by atoms with van der Waals surface area (Å²) in [6.07, 6.45) is 0.460. The zero-order chi connectivity index (χ0) is 9.14. The summed E-state index contributed by atoms with van der Waals surface area (Å²) in [5.41, 5.74) is 5.40. The number of carbonyl (C=O) groups excluding carboxylic acids is 2. The Morgan fingerprint density at radius 3 is 2.92 bits per heavy atom. The molecule has 0 spiro atoms. The summed E-state index contributed by atoms with van der Waals surface area (Å²) < 4.78 is 0. The largest absolute Gasteiger partial charge is 0.342 e. The number of likely N-dealkylation sites (tertiary alicyclic amines) is 1. The second-order valence-electron chi connectivity index (χ2n) is 3.11. The average molecular weight is 170 g/mol. The lowest BCUT2D eigenvalue weighted by molar-refractivity contribution is -0.135. The summed E-state index contributed by atoms with van der Waals surface area (Å²) in [6, 6.07) is 0. The van der Waals surface area contributed by atoms with Crippen LogP contribution in [0.4, 0.5) is 0 Å². The molecule has 0 aromatic carbocycles. The van der Waals surface area contributed by atoms with Gasteiger partial charge in [0.25, 0.3) is 0 Å². The molecule has 0 radical (unpaired) electrons. The van der Waals surface area contributed by atoms with Crippen molar-refractivity contribution in [1.82, 2.24) is 4.90 Å². The molecule has 1 rings (SSSR count). The summed E-state index contributed by atoms with van der Waals surface area (Å²) in [4.78, 5) is 23.8. The van der Waals surface area contributed by atoms with Gasteiger partial charge in [-0.25, -0.2) is 0 Å². The van der Waals surface area contributed by atoms with Crippen molar-refractivity contribution in [3.63, 3.8) is 0 Å². The van der Waals surface area contributed by atoms with E-state index in [9.17, 15) is 9.59 Å². The minimum atomic E-state index is -0.136. The Balaban J connectivity index is 2.55. The van der Waals surface area contributed by atoms with E-state index in [-0.39, 0.29) is 17.6 Å². The van der Waals surface area contributed by atoms with Gasteiger partial charge in [0.15, 0.2) is 0 Å². The van der Waals surface area contributed by atoms with Gasteiger partial charge >= 0.3 is 0 Å². The maximum absolute atomic E-state index is 11.2. The van der Waals surface area contributed by atoms with Gasteiger partial charge in [-0.2, -0.15) is 0 Å².